The van der Waals surface area contributed by atoms with Crippen LogP contribution in [0.1, 0.15) is 10.4 Å². The van der Waals surface area contributed by atoms with Gasteiger partial charge in [0.25, 0.3) is 5.91 Å². The topological polar surface area (TPSA) is 126 Å². The van der Waals surface area contributed by atoms with Crippen molar-refractivity contribution in [2.45, 2.75) is 0 Å². The maximum Gasteiger partial charge on any atom is 0.282 e. The second-order valence-electron chi connectivity index (χ2n) is 3.14. The van der Waals surface area contributed by atoms with Gasteiger partial charge in [-0.15, -0.1) is 24.8 Å². The largest absolute Gasteiger partial charge is 0.493 e. The van der Waals surface area contributed by atoms with Crippen LogP contribution in [-0.2, 0) is 0 Å². The molecule has 0 unspecified atom stereocenters. The Morgan fingerprint density at radius 2 is 1.58 bits per heavy atom. The third-order valence-electron chi connectivity index (χ3n) is 2.02. The van der Waals surface area contributed by atoms with Gasteiger partial charge in [0.1, 0.15) is 0 Å². The molecule has 0 spiro atoms. The minimum Gasteiger partial charge on any atom is -0.493 e. The highest BCUT2D eigenvalue weighted by atomic mass is 35.5. The number of aliphatic imine (C=N–C) groups is 1. The van der Waals surface area contributed by atoms with Crippen molar-refractivity contribution in [2.24, 2.45) is 16.5 Å². The summed E-state index contributed by atoms with van der Waals surface area (Å²) in [6.45, 7) is 0. The summed E-state index contributed by atoms with van der Waals surface area (Å²) < 4.78 is 10.1. The Bertz CT molecular complexity index is 476. The van der Waals surface area contributed by atoms with E-state index >= 15 is 0 Å². The Labute approximate surface area is 123 Å². The Hall–Kier alpha value is -1.86. The standard InChI is InChI=1S/C10H14N4O3.2ClH/c1-16-7-3-5(9(15)14-10(12)13)6(11)4-8(7)17-2;;/h3-4H,11H2,1-2H3,(H4,12,13,14,15);2*1H. The highest BCUT2D eigenvalue weighted by Crippen LogP contribution is 2.32. The SMILES string of the molecule is COc1cc(N)c(C(=O)N=C(N)N)cc1OC.Cl.Cl. The van der Waals surface area contributed by atoms with E-state index in [1.54, 1.807) is 0 Å². The highest BCUT2D eigenvalue weighted by Gasteiger charge is 2.14. The molecule has 6 N–H and O–H groups in total. The number of methoxy groups -OCH3 is 2. The molecular weight excluding hydrogens is 295 g/mol. The number of ether oxygens (including phenoxy) is 2. The molecule has 0 atom stereocenters. The summed E-state index contributed by atoms with van der Waals surface area (Å²) in [5.41, 5.74) is 16.3. The first-order valence-electron chi connectivity index (χ1n) is 4.65. The van der Waals surface area contributed by atoms with Gasteiger partial charge < -0.3 is 26.7 Å². The Morgan fingerprint density at radius 1 is 1.11 bits per heavy atom. The summed E-state index contributed by atoms with van der Waals surface area (Å²) in [6, 6.07) is 2.89. The molecule has 1 rings (SSSR count). The number of carbonyl (C=O) groups excluding carboxylic acids is 1. The molecule has 0 saturated heterocycles. The van der Waals surface area contributed by atoms with Gasteiger partial charge in [-0.1, -0.05) is 0 Å². The number of nitrogens with two attached hydrogens (primary N) is 3. The predicted octanol–water partition coefficient (Wildman–Crippen LogP) is 0.543. The molecule has 0 aliphatic heterocycles. The summed E-state index contributed by atoms with van der Waals surface area (Å²) >= 11 is 0. The lowest BCUT2D eigenvalue weighted by molar-refractivity contribution is 0.100. The van der Waals surface area contributed by atoms with Crippen molar-refractivity contribution in [1.82, 2.24) is 0 Å². The van der Waals surface area contributed by atoms with Gasteiger partial charge in [-0.25, -0.2) is 0 Å². The molecule has 19 heavy (non-hydrogen) atoms. The summed E-state index contributed by atoms with van der Waals surface area (Å²) in [5.74, 6) is -0.172. The van der Waals surface area contributed by atoms with Crippen molar-refractivity contribution in [1.29, 1.82) is 0 Å². The fourth-order valence-corrected chi connectivity index (χ4v) is 1.26. The Morgan fingerprint density at radius 3 is 2.00 bits per heavy atom. The van der Waals surface area contributed by atoms with Crippen molar-refractivity contribution in [3.8, 4) is 11.5 Å². The van der Waals surface area contributed by atoms with Gasteiger partial charge >= 0.3 is 0 Å². The van der Waals surface area contributed by atoms with E-state index in [-0.39, 0.29) is 42.0 Å². The lowest BCUT2D eigenvalue weighted by Gasteiger charge is -2.10. The second kappa shape index (κ2) is 8.28. The zero-order valence-electron chi connectivity index (χ0n) is 10.4. The molecule has 0 fully saturated rings. The van der Waals surface area contributed by atoms with Crippen LogP contribution >= 0.6 is 24.8 Å². The van der Waals surface area contributed by atoms with Crippen LogP contribution in [-0.4, -0.2) is 26.1 Å². The number of hydrogen-bond donors (Lipinski definition) is 3. The molecule has 7 nitrogen and oxygen atoms in total. The first-order valence-corrected chi connectivity index (χ1v) is 4.65. The maximum absolute atomic E-state index is 11.6. The van der Waals surface area contributed by atoms with E-state index in [0.717, 1.165) is 0 Å². The van der Waals surface area contributed by atoms with E-state index in [0.29, 0.717) is 11.5 Å². The molecule has 0 saturated carbocycles. The van der Waals surface area contributed by atoms with Crippen LogP contribution in [0.25, 0.3) is 0 Å². The van der Waals surface area contributed by atoms with Gasteiger partial charge in [-0.05, 0) is 6.07 Å². The number of rotatable bonds is 3. The van der Waals surface area contributed by atoms with Gasteiger partial charge in [-0.2, -0.15) is 4.99 Å². The summed E-state index contributed by atoms with van der Waals surface area (Å²) in [4.78, 5) is 15.0. The quantitative estimate of drug-likeness (QED) is 0.425. The average Bonchev–Trinajstić information content (AvgIpc) is 2.27. The lowest BCUT2D eigenvalue weighted by Crippen LogP contribution is -2.24. The average molecular weight is 311 g/mol. The molecule has 0 aliphatic carbocycles. The van der Waals surface area contributed by atoms with Crippen molar-refractivity contribution in [3.63, 3.8) is 0 Å². The van der Waals surface area contributed by atoms with Gasteiger partial charge in [0.15, 0.2) is 17.5 Å². The van der Waals surface area contributed by atoms with Crippen LogP contribution in [0.5, 0.6) is 11.5 Å². The van der Waals surface area contributed by atoms with E-state index in [1.165, 1.54) is 26.4 Å². The number of amides is 1. The summed E-state index contributed by atoms with van der Waals surface area (Å²) in [5, 5.41) is 0. The van der Waals surface area contributed by atoms with Gasteiger partial charge in [-0.3, -0.25) is 4.79 Å². The van der Waals surface area contributed by atoms with E-state index < -0.39 is 5.91 Å². The van der Waals surface area contributed by atoms with Crippen LogP contribution in [0.15, 0.2) is 17.1 Å². The van der Waals surface area contributed by atoms with Crippen molar-refractivity contribution in [3.05, 3.63) is 17.7 Å². The van der Waals surface area contributed by atoms with Crippen molar-refractivity contribution in [2.75, 3.05) is 20.0 Å². The molecule has 0 radical (unpaired) electrons. The molecule has 0 aliphatic rings. The van der Waals surface area contributed by atoms with Gasteiger partial charge in [0, 0.05) is 11.8 Å². The van der Waals surface area contributed by atoms with Gasteiger partial charge in [0.05, 0.1) is 19.8 Å². The predicted molar refractivity (Wildman–Crippen MR) is 78.6 cm³/mol. The molecule has 108 valence electrons. The number of guanidine groups is 1. The van der Waals surface area contributed by atoms with E-state index in [4.69, 9.17) is 26.7 Å². The smallest absolute Gasteiger partial charge is 0.282 e. The number of hydrogen-bond acceptors (Lipinski definition) is 4. The fourth-order valence-electron chi connectivity index (χ4n) is 1.26. The zero-order valence-corrected chi connectivity index (χ0v) is 12.0. The molecule has 1 aromatic carbocycles. The zero-order chi connectivity index (χ0) is 13.0. The van der Waals surface area contributed by atoms with Crippen molar-refractivity contribution < 1.29 is 14.3 Å². The Balaban J connectivity index is 0. The van der Waals surface area contributed by atoms with Crippen LogP contribution in [0, 0.1) is 0 Å². The first kappa shape index (κ1) is 19.5. The molecule has 9 heteroatoms. The molecule has 0 bridgehead atoms. The number of carbonyl (C=O) groups is 1. The number of benzene rings is 1. The number of halogens is 2. The first-order chi connectivity index (χ1) is 7.99. The fraction of sp³-hybridized carbons (Fsp3) is 0.200. The van der Waals surface area contributed by atoms with E-state index in [1.807, 2.05) is 0 Å². The third-order valence-corrected chi connectivity index (χ3v) is 2.02. The summed E-state index contributed by atoms with van der Waals surface area (Å²) in [6.07, 6.45) is 0. The maximum atomic E-state index is 11.6. The molecule has 1 amide bonds. The van der Waals surface area contributed by atoms with Crippen LogP contribution in [0.2, 0.25) is 0 Å². The molecule has 0 aromatic heterocycles. The van der Waals surface area contributed by atoms with Gasteiger partial charge in [0.2, 0.25) is 0 Å². The molecule has 0 heterocycles. The Kier molecular flexibility index (Phi) is 8.49. The molecular formula is C10H16Cl2N4O3. The minimum atomic E-state index is -0.636. The third kappa shape index (κ3) is 4.72. The van der Waals surface area contributed by atoms with Crippen LogP contribution in [0.4, 0.5) is 5.69 Å². The van der Waals surface area contributed by atoms with Crippen LogP contribution < -0.4 is 26.7 Å². The summed E-state index contributed by atoms with van der Waals surface area (Å²) in [7, 11) is 2.91. The van der Waals surface area contributed by atoms with Crippen molar-refractivity contribution >= 4 is 42.4 Å². The number of anilines is 1. The normalized spacial score (nSPS) is 8.53. The van der Waals surface area contributed by atoms with E-state index in [9.17, 15) is 4.79 Å². The molecule has 1 aromatic rings. The monoisotopic (exact) mass is 310 g/mol. The van der Waals surface area contributed by atoms with E-state index in [2.05, 4.69) is 4.99 Å². The van der Waals surface area contributed by atoms with Crippen LogP contribution in [0.3, 0.4) is 0 Å². The number of nitrogens with zero attached hydrogens (tertiary/aromatic N) is 1. The lowest BCUT2D eigenvalue weighted by atomic mass is 10.1. The minimum absolute atomic E-state index is 0. The number of nitrogen functional groups attached to an aromatic ring is 1. The highest BCUT2D eigenvalue weighted by molar-refractivity contribution is 6.05. The second-order valence-corrected chi connectivity index (χ2v) is 3.14.